The summed E-state index contributed by atoms with van der Waals surface area (Å²) in [5, 5.41) is 6.39. The van der Waals surface area contributed by atoms with Crippen molar-refractivity contribution in [2.45, 2.75) is 44.2 Å². The molecule has 6 rings (SSSR count). The van der Waals surface area contributed by atoms with Crippen LogP contribution in [0.3, 0.4) is 0 Å². The first-order valence-corrected chi connectivity index (χ1v) is 14.4. The van der Waals surface area contributed by atoms with E-state index in [2.05, 4.69) is 15.5 Å². The summed E-state index contributed by atoms with van der Waals surface area (Å²) in [5.74, 6) is 0.0127. The van der Waals surface area contributed by atoms with E-state index in [4.69, 9.17) is 4.98 Å². The maximum Gasteiger partial charge on any atom is 0.251 e. The first-order valence-electron chi connectivity index (χ1n) is 13.6. The Morgan fingerprint density at radius 2 is 2.03 bits per heavy atom. The number of hydrogen-bond acceptors (Lipinski definition) is 5. The predicted molar refractivity (Wildman–Crippen MR) is 148 cm³/mol. The molecule has 1 amide bonds. The molecule has 2 saturated heterocycles. The van der Waals surface area contributed by atoms with Crippen LogP contribution in [0, 0.1) is 5.82 Å². The highest BCUT2D eigenvalue weighted by atomic mass is 32.1. The predicted octanol–water partition coefficient (Wildman–Crippen LogP) is 5.38. The molecule has 9 heteroatoms. The lowest BCUT2D eigenvalue weighted by molar-refractivity contribution is 0.0950. The Balaban J connectivity index is 1.11. The Morgan fingerprint density at radius 3 is 2.82 bits per heavy atom. The van der Waals surface area contributed by atoms with Crippen LogP contribution in [0.1, 0.15) is 53.9 Å². The summed E-state index contributed by atoms with van der Waals surface area (Å²) in [7, 11) is 0. The second kappa shape index (κ2) is 11.1. The number of thiazole rings is 1. The highest BCUT2D eigenvalue weighted by Crippen LogP contribution is 2.33. The number of aromatic nitrogens is 2. The molecule has 2 aromatic heterocycles. The van der Waals surface area contributed by atoms with Gasteiger partial charge in [0.25, 0.3) is 5.91 Å². The fourth-order valence-electron chi connectivity index (χ4n) is 5.63. The second-order valence-electron chi connectivity index (χ2n) is 10.5. The van der Waals surface area contributed by atoms with Crippen LogP contribution in [0.15, 0.2) is 42.6 Å². The van der Waals surface area contributed by atoms with Crippen LogP contribution >= 0.6 is 11.3 Å². The number of hydrogen-bond donors (Lipinski definition) is 2. The monoisotopic (exact) mass is 537 g/mol. The molecule has 0 saturated carbocycles. The molecule has 200 valence electrons. The zero-order valence-electron chi connectivity index (χ0n) is 21.4. The first kappa shape index (κ1) is 25.4. The molecule has 2 aliphatic rings. The number of imidazole rings is 1. The minimum atomic E-state index is -0.663. The van der Waals surface area contributed by atoms with Crippen molar-refractivity contribution >= 4 is 32.4 Å². The average molecular weight is 538 g/mol. The van der Waals surface area contributed by atoms with Crippen molar-refractivity contribution < 1.29 is 13.6 Å². The highest BCUT2D eigenvalue weighted by molar-refractivity contribution is 7.23. The van der Waals surface area contributed by atoms with E-state index in [1.807, 2.05) is 40.9 Å². The maximum atomic E-state index is 15.1. The fraction of sp³-hybridized carbons (Fsp3) is 0.448. The van der Waals surface area contributed by atoms with Gasteiger partial charge in [0.1, 0.15) is 12.0 Å². The van der Waals surface area contributed by atoms with Crippen LogP contribution in [0.25, 0.3) is 26.4 Å². The van der Waals surface area contributed by atoms with Gasteiger partial charge in [0.2, 0.25) is 0 Å². The molecule has 6 nitrogen and oxygen atoms in total. The zero-order valence-corrected chi connectivity index (χ0v) is 22.2. The Labute approximate surface area is 225 Å². The molecule has 4 aromatic rings. The highest BCUT2D eigenvalue weighted by Gasteiger charge is 2.20. The molecule has 1 atom stereocenters. The van der Waals surface area contributed by atoms with Crippen LogP contribution < -0.4 is 10.6 Å². The van der Waals surface area contributed by atoms with Gasteiger partial charge in [-0.3, -0.25) is 9.20 Å². The van der Waals surface area contributed by atoms with Crippen molar-refractivity contribution in [1.82, 2.24) is 24.9 Å². The third-order valence-electron chi connectivity index (χ3n) is 7.85. The molecular formula is C29H33F2N5OS. The minimum absolute atomic E-state index is 0.101. The topological polar surface area (TPSA) is 61.7 Å². The summed E-state index contributed by atoms with van der Waals surface area (Å²) < 4.78 is 31.3. The minimum Gasteiger partial charge on any atom is -0.352 e. The summed E-state index contributed by atoms with van der Waals surface area (Å²) in [4.78, 5) is 20.5. The molecule has 4 heterocycles. The van der Waals surface area contributed by atoms with Crippen LogP contribution in [0.2, 0.25) is 0 Å². The van der Waals surface area contributed by atoms with Gasteiger partial charge >= 0.3 is 0 Å². The summed E-state index contributed by atoms with van der Waals surface area (Å²) >= 11 is 1.49. The second-order valence-corrected chi connectivity index (χ2v) is 11.5. The van der Waals surface area contributed by atoms with Crippen molar-refractivity contribution in [2.24, 2.45) is 0 Å². The van der Waals surface area contributed by atoms with Crippen LogP contribution in [-0.4, -0.2) is 65.6 Å². The molecule has 2 fully saturated rings. The molecule has 2 aromatic carbocycles. The number of alkyl halides is 1. The molecule has 0 aliphatic carbocycles. The van der Waals surface area contributed by atoms with E-state index in [1.165, 1.54) is 11.3 Å². The number of nitrogens with zero attached hydrogens (tertiary/aromatic N) is 3. The lowest BCUT2D eigenvalue weighted by atomic mass is 9.91. The number of amides is 1. The van der Waals surface area contributed by atoms with Gasteiger partial charge in [0, 0.05) is 43.5 Å². The normalized spacial score (nSPS) is 19.4. The molecule has 38 heavy (non-hydrogen) atoms. The summed E-state index contributed by atoms with van der Waals surface area (Å²) in [6, 6.07) is 11.2. The quantitative estimate of drug-likeness (QED) is 0.311. The van der Waals surface area contributed by atoms with Gasteiger partial charge in [-0.1, -0.05) is 17.4 Å². The molecule has 0 bridgehead atoms. The number of piperidine rings is 2. The van der Waals surface area contributed by atoms with Gasteiger partial charge in [-0.05, 0) is 87.0 Å². The third-order valence-corrected chi connectivity index (χ3v) is 8.86. The largest absolute Gasteiger partial charge is 0.352 e. The Hall–Kier alpha value is -2.88. The van der Waals surface area contributed by atoms with Gasteiger partial charge in [0.15, 0.2) is 4.96 Å². The van der Waals surface area contributed by atoms with Crippen molar-refractivity contribution in [1.29, 1.82) is 0 Å². The lowest BCUT2D eigenvalue weighted by Crippen LogP contribution is -2.36. The Kier molecular flexibility index (Phi) is 7.41. The smallest absolute Gasteiger partial charge is 0.251 e. The number of benzene rings is 2. The Bertz CT molecular complexity index is 1440. The van der Waals surface area contributed by atoms with Crippen molar-refractivity contribution in [3.63, 3.8) is 0 Å². The van der Waals surface area contributed by atoms with Crippen molar-refractivity contribution in [3.05, 3.63) is 59.5 Å². The summed E-state index contributed by atoms with van der Waals surface area (Å²) in [5.41, 5.74) is 3.71. The molecular weight excluding hydrogens is 504 g/mol. The van der Waals surface area contributed by atoms with E-state index in [1.54, 1.807) is 6.07 Å². The van der Waals surface area contributed by atoms with Gasteiger partial charge in [-0.25, -0.2) is 13.8 Å². The van der Waals surface area contributed by atoms with E-state index in [0.29, 0.717) is 42.1 Å². The van der Waals surface area contributed by atoms with Gasteiger partial charge in [-0.2, -0.15) is 0 Å². The standard InChI is InChI=1S/C29H33F2N5OS/c30-22-8-13-35(14-9-22)12-2-11-33-28(37)20-5-7-26-27(16-20)38-29-34-25(18-36(26)29)23-6-4-19(15-24(23)31)21-3-1-10-32-17-21/h4-7,15-16,18,21-22,32H,1-3,8-14,17H2,(H,33,37). The fourth-order valence-corrected chi connectivity index (χ4v) is 6.68. The van der Waals surface area contributed by atoms with E-state index < -0.39 is 6.17 Å². The van der Waals surface area contributed by atoms with E-state index in [0.717, 1.165) is 72.7 Å². The lowest BCUT2D eigenvalue weighted by Gasteiger charge is -2.28. The van der Waals surface area contributed by atoms with Gasteiger partial charge in [0.05, 0.1) is 15.9 Å². The number of carbonyl (C=O) groups is 1. The number of carbonyl (C=O) groups excluding carboxylic acids is 1. The van der Waals surface area contributed by atoms with Gasteiger partial charge < -0.3 is 15.5 Å². The number of halogens is 2. The molecule has 0 radical (unpaired) electrons. The molecule has 1 unspecified atom stereocenters. The number of likely N-dealkylation sites (tertiary alicyclic amines) is 1. The van der Waals surface area contributed by atoms with Crippen LogP contribution in [0.4, 0.5) is 8.78 Å². The summed E-state index contributed by atoms with van der Waals surface area (Å²) in [6.45, 7) is 4.98. The zero-order chi connectivity index (χ0) is 26.1. The number of rotatable bonds is 7. The molecule has 2 aliphatic heterocycles. The Morgan fingerprint density at radius 1 is 1.16 bits per heavy atom. The molecule has 0 spiro atoms. The number of nitrogens with one attached hydrogen (secondary N) is 2. The van der Waals surface area contributed by atoms with Crippen molar-refractivity contribution in [3.8, 4) is 11.3 Å². The van der Waals surface area contributed by atoms with Gasteiger partial charge in [-0.15, -0.1) is 0 Å². The van der Waals surface area contributed by atoms with E-state index in [-0.39, 0.29) is 11.7 Å². The SMILES string of the molecule is O=C(NCCCN1CCC(F)CC1)c1ccc2c(c1)sc1nc(-c3ccc(C4CCCNC4)cc3F)cn12. The third kappa shape index (κ3) is 5.32. The van der Waals surface area contributed by atoms with Crippen molar-refractivity contribution in [2.75, 3.05) is 39.3 Å². The maximum absolute atomic E-state index is 15.1. The van der Waals surface area contributed by atoms with E-state index >= 15 is 4.39 Å². The number of fused-ring (bicyclic) bond motifs is 3. The molecule has 2 N–H and O–H groups in total. The summed E-state index contributed by atoms with van der Waals surface area (Å²) in [6.07, 6.45) is 5.47. The first-order chi connectivity index (χ1) is 18.5. The van der Waals surface area contributed by atoms with Crippen LogP contribution in [0.5, 0.6) is 0 Å². The van der Waals surface area contributed by atoms with E-state index in [9.17, 15) is 9.18 Å². The average Bonchev–Trinajstić information content (AvgIpc) is 3.50. The van der Waals surface area contributed by atoms with Crippen LogP contribution in [-0.2, 0) is 0 Å².